The number of benzene rings is 2. The summed E-state index contributed by atoms with van der Waals surface area (Å²) < 4.78 is 65.3. The number of hydrogen-bond donors (Lipinski definition) is 0. The van der Waals surface area contributed by atoms with E-state index in [0.717, 1.165) is 0 Å². The summed E-state index contributed by atoms with van der Waals surface area (Å²) >= 11 is -3.53. The van der Waals surface area contributed by atoms with Gasteiger partial charge in [0.05, 0.1) is 0 Å². The molecule has 0 bridgehead atoms. The maximum absolute atomic E-state index is 15.8. The van der Waals surface area contributed by atoms with E-state index in [0.29, 0.717) is 10.3 Å². The third-order valence-corrected chi connectivity index (χ3v) is 10.1. The Kier molecular flexibility index (Phi) is 5.49. The molecule has 1 aliphatic rings. The molecule has 0 N–H and O–H groups in total. The molecule has 32 heavy (non-hydrogen) atoms. The van der Waals surface area contributed by atoms with Crippen molar-refractivity contribution in [3.63, 3.8) is 0 Å². The van der Waals surface area contributed by atoms with E-state index in [1.165, 1.54) is 33.4 Å². The van der Waals surface area contributed by atoms with E-state index in [1.807, 2.05) is 6.08 Å². The molecule has 4 aromatic rings. The van der Waals surface area contributed by atoms with Crippen LogP contribution in [-0.2, 0) is 17.9 Å². The van der Waals surface area contributed by atoms with Gasteiger partial charge in [0.1, 0.15) is 0 Å². The predicted molar refractivity (Wildman–Crippen MR) is 112 cm³/mol. The van der Waals surface area contributed by atoms with Crippen LogP contribution in [0.15, 0.2) is 95.4 Å². The minimum absolute atomic E-state index is 0.144. The van der Waals surface area contributed by atoms with Crippen molar-refractivity contribution in [2.45, 2.75) is 6.42 Å². The Bertz CT molecular complexity index is 1250. The van der Waals surface area contributed by atoms with E-state index in [-0.39, 0.29) is 19.1 Å². The van der Waals surface area contributed by atoms with E-state index in [1.54, 1.807) is 61.2 Å². The number of rotatable bonds is 5. The fraction of sp³-hybridized carbons (Fsp3) is 0.0400. The van der Waals surface area contributed by atoms with Gasteiger partial charge in [0, 0.05) is 0 Å². The molecule has 7 heteroatoms. The molecule has 0 aliphatic heterocycles. The predicted octanol–water partition coefficient (Wildman–Crippen LogP) is 5.24. The van der Waals surface area contributed by atoms with Gasteiger partial charge in [-0.3, -0.25) is 0 Å². The first-order valence-electron chi connectivity index (χ1n) is 10.0. The molecule has 0 fully saturated rings. The van der Waals surface area contributed by atoms with Gasteiger partial charge in [-0.25, -0.2) is 0 Å². The summed E-state index contributed by atoms with van der Waals surface area (Å²) in [5, 5.41) is 0. The zero-order valence-corrected chi connectivity index (χ0v) is 18.3. The summed E-state index contributed by atoms with van der Waals surface area (Å²) in [6.45, 7) is 0. The van der Waals surface area contributed by atoms with E-state index in [4.69, 9.17) is 0 Å². The van der Waals surface area contributed by atoms with Crippen LogP contribution in [0, 0.1) is 23.3 Å². The molecule has 1 aliphatic carbocycles. The van der Waals surface area contributed by atoms with Crippen LogP contribution in [0.25, 0.3) is 11.4 Å². The Hall–Kier alpha value is -3.09. The second-order valence-corrected chi connectivity index (χ2v) is 11.1. The number of halogens is 4. The molecule has 0 radical (unpaired) electrons. The van der Waals surface area contributed by atoms with Gasteiger partial charge in [0.15, 0.2) is 0 Å². The molecule has 0 amide bonds. The standard InChI is InChI=1S/2C10H6F2N.C5H5.Ti/c2*11-8-3-4-10(9(12)7-8)13-5-1-2-6-13;1-2-4-5-3-1;/h2*1-6H;1-3H,4H2;. The van der Waals surface area contributed by atoms with Crippen LogP contribution in [-0.4, -0.2) is 9.13 Å². The van der Waals surface area contributed by atoms with Crippen molar-refractivity contribution in [3.8, 4) is 11.4 Å². The molecule has 2 heterocycles. The quantitative estimate of drug-likeness (QED) is 0.280. The van der Waals surface area contributed by atoms with Crippen LogP contribution in [0.4, 0.5) is 17.6 Å². The number of nitrogens with zero attached hydrogens (tertiary/aromatic N) is 2. The van der Waals surface area contributed by atoms with Gasteiger partial charge in [-0.05, 0) is 0 Å². The Balaban J connectivity index is 1.77. The fourth-order valence-corrected chi connectivity index (χ4v) is 8.41. The van der Waals surface area contributed by atoms with E-state index < -0.39 is 41.1 Å². The van der Waals surface area contributed by atoms with Crippen LogP contribution >= 0.6 is 0 Å². The first-order chi connectivity index (χ1) is 15.6. The molecular weight excluding hydrogens is 452 g/mol. The van der Waals surface area contributed by atoms with Crippen molar-refractivity contribution < 1.29 is 35.4 Å². The van der Waals surface area contributed by atoms with Crippen LogP contribution in [0.5, 0.6) is 0 Å². The van der Waals surface area contributed by atoms with E-state index >= 15 is 17.6 Å². The maximum atomic E-state index is 15.8. The van der Waals surface area contributed by atoms with Gasteiger partial charge in [0.25, 0.3) is 0 Å². The Labute approximate surface area is 188 Å². The van der Waals surface area contributed by atoms with Crippen molar-refractivity contribution in [2.75, 3.05) is 0 Å². The molecular formula is C25H17F4N2Ti. The Morgan fingerprint density at radius 1 is 0.656 bits per heavy atom. The van der Waals surface area contributed by atoms with Crippen LogP contribution in [0.2, 0.25) is 0 Å². The summed E-state index contributed by atoms with van der Waals surface area (Å²) in [5.74, 6) is -3.14. The Morgan fingerprint density at radius 3 is 1.53 bits per heavy atom. The molecule has 2 nitrogen and oxygen atoms in total. The van der Waals surface area contributed by atoms with Gasteiger partial charge >= 0.3 is 189 Å². The average molecular weight is 469 g/mol. The third-order valence-electron chi connectivity index (χ3n) is 5.50. The van der Waals surface area contributed by atoms with Crippen molar-refractivity contribution in [1.29, 1.82) is 0 Å². The van der Waals surface area contributed by atoms with Gasteiger partial charge in [-0.15, -0.1) is 0 Å². The van der Waals surface area contributed by atoms with Gasteiger partial charge in [-0.2, -0.15) is 0 Å². The average Bonchev–Trinajstić information content (AvgIpc) is 3.56. The molecule has 5 rings (SSSR count). The van der Waals surface area contributed by atoms with Crippen molar-refractivity contribution in [2.24, 2.45) is 0 Å². The zero-order chi connectivity index (χ0) is 22.2. The molecule has 2 aromatic carbocycles. The van der Waals surface area contributed by atoms with Gasteiger partial charge in [-0.1, -0.05) is 0 Å². The molecule has 159 valence electrons. The SMILES string of the molecule is Fc1ccc(-n2cccc2)c(F)[c]1[Ti]([C]1=CC=CC1)[c]1c(F)ccc(-n2cccc2)c1F. The third kappa shape index (κ3) is 3.49. The Morgan fingerprint density at radius 2 is 1.12 bits per heavy atom. The van der Waals surface area contributed by atoms with Crippen molar-refractivity contribution >= 4 is 7.74 Å². The topological polar surface area (TPSA) is 9.86 Å². The summed E-state index contributed by atoms with van der Waals surface area (Å²) in [6, 6.07) is 11.9. The van der Waals surface area contributed by atoms with Crippen molar-refractivity contribution in [3.05, 3.63) is 119 Å². The molecule has 0 saturated heterocycles. The molecule has 0 saturated carbocycles. The molecule has 0 atom stereocenters. The fourth-order valence-electron chi connectivity index (χ4n) is 4.01. The van der Waals surface area contributed by atoms with E-state index in [2.05, 4.69) is 0 Å². The van der Waals surface area contributed by atoms with Crippen molar-refractivity contribution in [1.82, 2.24) is 9.13 Å². The summed E-state index contributed by atoms with van der Waals surface area (Å²) in [6.07, 6.45) is 12.3. The second kappa shape index (κ2) is 8.45. The molecule has 2 aromatic heterocycles. The molecule has 0 unspecified atom stereocenters. The van der Waals surface area contributed by atoms with Gasteiger partial charge in [0.2, 0.25) is 0 Å². The summed E-state index contributed by atoms with van der Waals surface area (Å²) in [4.78, 5) is 0. The van der Waals surface area contributed by atoms with E-state index in [9.17, 15) is 0 Å². The van der Waals surface area contributed by atoms with Crippen LogP contribution < -0.4 is 7.74 Å². The monoisotopic (exact) mass is 469 g/mol. The summed E-state index contributed by atoms with van der Waals surface area (Å²) in [7, 11) is 0. The number of allylic oxidation sites excluding steroid dienone is 4. The molecule has 0 spiro atoms. The number of hydrogen-bond acceptors (Lipinski definition) is 0. The minimum atomic E-state index is -3.53. The first-order valence-corrected chi connectivity index (χ1v) is 12.4. The van der Waals surface area contributed by atoms with Crippen LogP contribution in [0.1, 0.15) is 6.42 Å². The number of aromatic nitrogens is 2. The first kappa shape index (κ1) is 20.8. The normalized spacial score (nSPS) is 12.9. The van der Waals surface area contributed by atoms with Crippen LogP contribution in [0.3, 0.4) is 0 Å². The van der Waals surface area contributed by atoms with Gasteiger partial charge < -0.3 is 0 Å². The summed E-state index contributed by atoms with van der Waals surface area (Å²) in [5.41, 5.74) is 0.288. The second-order valence-electron chi connectivity index (χ2n) is 7.39. The zero-order valence-electron chi connectivity index (χ0n) is 16.8.